The minimum absolute atomic E-state index is 0.00985. The molecule has 2 rings (SSSR count). The Bertz CT molecular complexity index is 1240. The minimum Gasteiger partial charge on any atom is -0.504 e. The summed E-state index contributed by atoms with van der Waals surface area (Å²) in [6, 6.07) is 6.64. The quantitative estimate of drug-likeness (QED) is 0.518. The summed E-state index contributed by atoms with van der Waals surface area (Å²) in [7, 11) is -8.66. The lowest BCUT2D eigenvalue weighted by Gasteiger charge is -2.07. The maximum atomic E-state index is 12.3. The molecule has 0 amide bonds. The molecule has 0 aliphatic carbocycles. The molecule has 0 bridgehead atoms. The van der Waals surface area contributed by atoms with Gasteiger partial charge in [-0.1, -0.05) is 24.3 Å². The van der Waals surface area contributed by atoms with E-state index in [1.807, 2.05) is 0 Å². The fourth-order valence-corrected chi connectivity index (χ4v) is 2.11. The van der Waals surface area contributed by atoms with E-state index in [2.05, 4.69) is 4.74 Å². The normalized spacial score (nSPS) is 17.9. The Morgan fingerprint density at radius 2 is 1.57 bits per heavy atom. The number of carbonyl (C=O) groups is 2. The van der Waals surface area contributed by atoms with Gasteiger partial charge in [-0.15, -0.1) is 0 Å². The van der Waals surface area contributed by atoms with Gasteiger partial charge in [0, 0.05) is 0 Å². The molecule has 0 aliphatic heterocycles. The number of phenols is 1. The Kier molecular flexibility index (Phi) is 3.81. The van der Waals surface area contributed by atoms with Crippen LogP contribution in [0.1, 0.15) is 31.3 Å². The van der Waals surface area contributed by atoms with E-state index < -0.39 is 62.4 Å². The molecule has 2 aromatic rings. The average molecular weight is 392 g/mol. The summed E-state index contributed by atoms with van der Waals surface area (Å²) >= 11 is 0. The maximum Gasteiger partial charge on any atom is 0.163 e. The fraction of sp³-hybridized carbons (Fsp3) is 0.182. The monoisotopic (exact) mass is 392 g/mol. The van der Waals surface area contributed by atoms with Crippen LogP contribution in [0.5, 0.6) is 23.0 Å². The number of methoxy groups -OCH3 is 3. The van der Waals surface area contributed by atoms with Crippen molar-refractivity contribution in [1.82, 2.24) is 0 Å². The summed E-state index contributed by atoms with van der Waals surface area (Å²) < 4.78 is 86.8. The number of rotatable bonds is 9. The number of ketones is 2. The third-order valence-electron chi connectivity index (χ3n) is 3.47. The zero-order valence-corrected chi connectivity index (χ0v) is 14.4. The smallest absolute Gasteiger partial charge is 0.163 e. The van der Waals surface area contributed by atoms with Gasteiger partial charge >= 0.3 is 0 Å². The van der Waals surface area contributed by atoms with Crippen LogP contribution in [0.3, 0.4) is 0 Å². The summed E-state index contributed by atoms with van der Waals surface area (Å²) in [6.07, 6.45) is 2.51. The van der Waals surface area contributed by atoms with E-state index in [0.29, 0.717) is 5.56 Å². The number of aromatic hydroxyl groups is 1. The van der Waals surface area contributed by atoms with Gasteiger partial charge in [-0.2, -0.15) is 0 Å². The van der Waals surface area contributed by atoms with Crippen molar-refractivity contribution in [1.29, 1.82) is 0 Å². The molecule has 6 heteroatoms. The second-order valence-electron chi connectivity index (χ2n) is 5.43. The molecule has 1 N–H and O–H groups in total. The summed E-state index contributed by atoms with van der Waals surface area (Å²) in [5, 5.41) is 9.71. The van der Waals surface area contributed by atoms with Crippen LogP contribution >= 0.6 is 0 Å². The van der Waals surface area contributed by atoms with Gasteiger partial charge in [0.2, 0.25) is 0 Å². The third-order valence-corrected chi connectivity index (χ3v) is 3.47. The number of ether oxygens (including phenoxy) is 3. The summed E-state index contributed by atoms with van der Waals surface area (Å²) in [6.45, 7) is 0. The zero-order valence-electron chi connectivity index (χ0n) is 24.4. The van der Waals surface area contributed by atoms with Crippen LogP contribution < -0.4 is 14.2 Å². The number of hydrogen-bond donors (Lipinski definition) is 1. The van der Waals surface area contributed by atoms with E-state index in [1.165, 1.54) is 30.3 Å². The number of benzene rings is 2. The molecule has 0 aromatic heterocycles. The van der Waals surface area contributed by atoms with Crippen molar-refractivity contribution in [3.8, 4) is 23.0 Å². The SMILES string of the molecule is [2H]/C(=C\C(=O)CC(=O)/C=C/c1ccc(O)c(OC([2H])([2H])[2H])c1)c1ccc(OC([2H])([2H])[2H])c(OC([2H])([2H])[2H])c1. The first-order chi connectivity index (χ1) is 17.3. The Morgan fingerprint density at radius 1 is 0.929 bits per heavy atom. The summed E-state index contributed by atoms with van der Waals surface area (Å²) in [5.41, 5.74) is 0.296. The minimum atomic E-state index is -2.96. The van der Waals surface area contributed by atoms with Crippen molar-refractivity contribution >= 4 is 23.7 Å². The van der Waals surface area contributed by atoms with Crippen LogP contribution in [0.25, 0.3) is 12.1 Å². The van der Waals surface area contributed by atoms with Gasteiger partial charge in [-0.25, -0.2) is 0 Å². The van der Waals surface area contributed by atoms with Gasteiger partial charge in [-0.05, 0) is 47.5 Å². The zero-order chi connectivity index (χ0) is 28.9. The first kappa shape index (κ1) is 10.7. The van der Waals surface area contributed by atoms with Crippen LogP contribution in [-0.2, 0) is 9.59 Å². The van der Waals surface area contributed by atoms with Gasteiger partial charge in [-0.3, -0.25) is 9.59 Å². The van der Waals surface area contributed by atoms with Crippen molar-refractivity contribution in [2.45, 2.75) is 6.42 Å². The van der Waals surface area contributed by atoms with Crippen molar-refractivity contribution in [3.63, 3.8) is 0 Å². The van der Waals surface area contributed by atoms with E-state index in [9.17, 15) is 14.7 Å². The lowest BCUT2D eigenvalue weighted by Crippen LogP contribution is -2.01. The van der Waals surface area contributed by atoms with E-state index in [0.717, 1.165) is 24.3 Å². The second-order valence-corrected chi connectivity index (χ2v) is 5.43. The first-order valence-electron chi connectivity index (χ1n) is 12.8. The number of phenolic OH excluding ortho intramolecular Hbond substituents is 1. The summed E-state index contributed by atoms with van der Waals surface area (Å²) in [5.74, 6) is -3.06. The second kappa shape index (κ2) is 9.97. The van der Waals surface area contributed by atoms with Crippen LogP contribution in [0, 0.1) is 0 Å². The molecule has 146 valence electrons. The third kappa shape index (κ3) is 5.74. The highest BCUT2D eigenvalue weighted by atomic mass is 16.5. The van der Waals surface area contributed by atoms with E-state index in [4.69, 9.17) is 23.2 Å². The Morgan fingerprint density at radius 3 is 2.36 bits per heavy atom. The van der Waals surface area contributed by atoms with Gasteiger partial charge in [0.25, 0.3) is 0 Å². The first-order valence-corrected chi connectivity index (χ1v) is 7.78. The fourth-order valence-electron chi connectivity index (χ4n) is 2.11. The molecular formula is C22H22O6. The molecular weight excluding hydrogens is 360 g/mol. The molecule has 0 aliphatic rings. The molecule has 0 atom stereocenters. The molecule has 0 fully saturated rings. The number of hydrogen-bond acceptors (Lipinski definition) is 6. The van der Waals surface area contributed by atoms with E-state index in [-0.39, 0.29) is 11.3 Å². The average Bonchev–Trinajstić information content (AvgIpc) is 2.72. The number of carbonyl (C=O) groups excluding carboxylic acids is 2. The molecule has 6 nitrogen and oxygen atoms in total. The van der Waals surface area contributed by atoms with Crippen LogP contribution in [0.2, 0.25) is 0 Å². The van der Waals surface area contributed by atoms with E-state index >= 15 is 0 Å². The molecule has 0 spiro atoms. The predicted molar refractivity (Wildman–Crippen MR) is 107 cm³/mol. The van der Waals surface area contributed by atoms with Gasteiger partial charge < -0.3 is 19.3 Å². The lowest BCUT2D eigenvalue weighted by atomic mass is 10.1. The van der Waals surface area contributed by atoms with Gasteiger partial charge in [0.1, 0.15) is 0 Å². The maximum absolute atomic E-state index is 12.3. The molecule has 28 heavy (non-hydrogen) atoms. The van der Waals surface area contributed by atoms with Gasteiger partial charge in [0.15, 0.2) is 34.6 Å². The lowest BCUT2D eigenvalue weighted by molar-refractivity contribution is -0.121. The molecule has 0 unspecified atom stereocenters. The highest BCUT2D eigenvalue weighted by molar-refractivity contribution is 6.10. The van der Waals surface area contributed by atoms with Crippen molar-refractivity contribution < 1.29 is 42.6 Å². The highest BCUT2D eigenvalue weighted by Gasteiger charge is 2.06. The van der Waals surface area contributed by atoms with E-state index in [1.54, 1.807) is 0 Å². The van der Waals surface area contributed by atoms with Crippen molar-refractivity contribution in [2.75, 3.05) is 21.1 Å². The highest BCUT2D eigenvalue weighted by Crippen LogP contribution is 2.28. The van der Waals surface area contributed by atoms with Crippen molar-refractivity contribution in [2.24, 2.45) is 0 Å². The van der Waals surface area contributed by atoms with Crippen LogP contribution in [-0.4, -0.2) is 37.8 Å². The van der Waals surface area contributed by atoms with Gasteiger partial charge in [0.05, 0.1) is 41.2 Å². The Hall–Kier alpha value is -3.54. The largest absolute Gasteiger partial charge is 0.504 e. The van der Waals surface area contributed by atoms with Crippen molar-refractivity contribution in [3.05, 3.63) is 59.7 Å². The molecule has 2 aromatic carbocycles. The molecule has 0 saturated carbocycles. The molecule has 0 saturated heterocycles. The predicted octanol–water partition coefficient (Wildman–Crippen LogP) is 3.67. The summed E-state index contributed by atoms with van der Waals surface area (Å²) in [4.78, 5) is 24.5. The Balaban J connectivity index is 2.15. The topological polar surface area (TPSA) is 82.1 Å². The standard InChI is InChI=1S/C22H22O6/c1-26-20-11-7-16(13-22(20)28-3)5-9-18(24)14-17(23)8-4-15-6-10-19(25)21(12-15)27-2/h4-13,25H,14H2,1-3H3/b8-4+,9-5+/i1D3,2D3,3D3,5D. The number of allylic oxidation sites excluding steroid dienone is 2. The molecule has 0 heterocycles. The molecule has 0 radical (unpaired) electrons. The van der Waals surface area contributed by atoms with Crippen LogP contribution in [0.15, 0.2) is 48.6 Å². The van der Waals surface area contributed by atoms with Crippen LogP contribution in [0.4, 0.5) is 0 Å². The Labute approximate surface area is 177 Å².